The van der Waals surface area contributed by atoms with E-state index in [1.54, 1.807) is 0 Å². The van der Waals surface area contributed by atoms with Gasteiger partial charge >= 0.3 is 103 Å². The van der Waals surface area contributed by atoms with Gasteiger partial charge < -0.3 is 0 Å². The van der Waals surface area contributed by atoms with Crippen molar-refractivity contribution in [3.8, 4) is 0 Å². The van der Waals surface area contributed by atoms with Crippen molar-refractivity contribution in [1.82, 2.24) is 0 Å². The molecule has 0 saturated carbocycles. The van der Waals surface area contributed by atoms with Crippen molar-refractivity contribution >= 4 is 30.4 Å². The molecule has 0 spiro atoms. The molecular weight excluding hydrogens is 263 g/mol. The Bertz CT molecular complexity index is 337. The first-order valence-corrected chi connectivity index (χ1v) is 7.65. The van der Waals surface area contributed by atoms with Crippen LogP contribution in [0, 0.1) is 0 Å². The van der Waals surface area contributed by atoms with Crippen molar-refractivity contribution in [1.29, 1.82) is 0 Å². The van der Waals surface area contributed by atoms with Gasteiger partial charge in [-0.05, 0) is 0 Å². The van der Waals surface area contributed by atoms with Gasteiger partial charge in [-0.3, -0.25) is 0 Å². The molecule has 0 saturated heterocycles. The molecule has 4 heteroatoms. The summed E-state index contributed by atoms with van der Waals surface area (Å²) < 4.78 is 1.34. The number of unbranched alkanes of at least 4 members (excludes halogenated alkanes) is 1. The average Bonchev–Trinajstić information content (AvgIpc) is 2.29. The van der Waals surface area contributed by atoms with E-state index in [9.17, 15) is 4.79 Å². The normalized spacial score (nSPS) is 13.1. The predicted octanol–water partition coefficient (Wildman–Crippen LogP) is 0.375. The molecule has 1 rings (SSSR count). The van der Waals surface area contributed by atoms with E-state index in [1.165, 1.54) is 0 Å². The third-order valence-electron chi connectivity index (χ3n) is 2.38. The zero-order valence-corrected chi connectivity index (χ0v) is 11.7. The standard InChI is InChI=1S/C12H19AsN2O/c1-2-3-4-11(15)12(16)13-9-5-7-10(14)8-6-9/h5-8,11,13H,2-4,14-15H2,1H3. The van der Waals surface area contributed by atoms with Crippen molar-refractivity contribution < 1.29 is 4.79 Å². The summed E-state index contributed by atoms with van der Waals surface area (Å²) in [6, 6.07) is 7.27. The molecule has 2 unspecified atom stereocenters. The molecule has 2 atom stereocenters. The Kier molecular flexibility index (Phi) is 5.57. The number of hydrogen-bond donors (Lipinski definition) is 2. The maximum absolute atomic E-state index is 11.8. The second kappa shape index (κ2) is 6.72. The summed E-state index contributed by atoms with van der Waals surface area (Å²) in [5.41, 5.74) is 12.2. The number of nitrogen functional groups attached to an aromatic ring is 1. The number of hydrogen-bond acceptors (Lipinski definition) is 3. The molecule has 0 aliphatic rings. The second-order valence-corrected chi connectivity index (χ2v) is 6.63. The van der Waals surface area contributed by atoms with Crippen LogP contribution in [0.2, 0.25) is 0 Å². The number of carbonyl (C=O) groups excluding carboxylic acids is 1. The van der Waals surface area contributed by atoms with E-state index in [4.69, 9.17) is 11.5 Å². The van der Waals surface area contributed by atoms with Crippen LogP contribution in [0.15, 0.2) is 24.3 Å². The fraction of sp³-hybridized carbons (Fsp3) is 0.417. The molecule has 0 aromatic heterocycles. The molecule has 4 N–H and O–H groups in total. The van der Waals surface area contributed by atoms with Gasteiger partial charge in [0.05, 0.1) is 0 Å². The van der Waals surface area contributed by atoms with Gasteiger partial charge in [0, 0.05) is 0 Å². The van der Waals surface area contributed by atoms with E-state index in [1.807, 2.05) is 24.3 Å². The van der Waals surface area contributed by atoms with Crippen molar-refractivity contribution in [3.05, 3.63) is 24.3 Å². The fourth-order valence-corrected chi connectivity index (χ4v) is 3.34. The molecule has 1 aromatic carbocycles. The monoisotopic (exact) mass is 282 g/mol. The van der Waals surface area contributed by atoms with Gasteiger partial charge in [0.2, 0.25) is 0 Å². The van der Waals surface area contributed by atoms with E-state index in [0.29, 0.717) is 0 Å². The summed E-state index contributed by atoms with van der Waals surface area (Å²) in [5.74, 6) is 0. The van der Waals surface area contributed by atoms with Crippen molar-refractivity contribution in [2.45, 2.75) is 32.2 Å². The van der Waals surface area contributed by atoms with E-state index < -0.39 is 15.8 Å². The van der Waals surface area contributed by atoms with Crippen LogP contribution in [0.5, 0.6) is 0 Å². The summed E-state index contributed by atoms with van der Waals surface area (Å²) in [6.45, 7) is 2.10. The van der Waals surface area contributed by atoms with Gasteiger partial charge in [-0.15, -0.1) is 0 Å². The Morgan fingerprint density at radius 2 is 2.00 bits per heavy atom. The third kappa shape index (κ3) is 4.38. The summed E-state index contributed by atoms with van der Waals surface area (Å²) in [5, 5.41) is 0. The molecule has 0 fully saturated rings. The van der Waals surface area contributed by atoms with Crippen LogP contribution >= 0.6 is 0 Å². The van der Waals surface area contributed by atoms with Crippen LogP contribution in [0.25, 0.3) is 0 Å². The zero-order valence-electron chi connectivity index (χ0n) is 9.57. The SMILES string of the molecule is CCCCC(N)C(=O)[AsH]c1ccc(N)cc1. The number of anilines is 1. The van der Waals surface area contributed by atoms with Gasteiger partial charge in [-0.25, -0.2) is 0 Å². The van der Waals surface area contributed by atoms with E-state index >= 15 is 0 Å². The molecule has 0 amide bonds. The van der Waals surface area contributed by atoms with Gasteiger partial charge in [-0.2, -0.15) is 0 Å². The number of benzene rings is 1. The number of rotatable bonds is 6. The third-order valence-corrected chi connectivity index (χ3v) is 4.98. The average molecular weight is 282 g/mol. The summed E-state index contributed by atoms with van der Waals surface area (Å²) >= 11 is -0.767. The van der Waals surface area contributed by atoms with Crippen molar-refractivity contribution in [3.63, 3.8) is 0 Å². The molecule has 0 heterocycles. The van der Waals surface area contributed by atoms with Crippen LogP contribution in [-0.4, -0.2) is 26.4 Å². The van der Waals surface area contributed by atoms with Gasteiger partial charge in [0.1, 0.15) is 0 Å². The first-order valence-electron chi connectivity index (χ1n) is 5.55. The van der Waals surface area contributed by atoms with Crippen molar-refractivity contribution in [2.24, 2.45) is 5.73 Å². The minimum atomic E-state index is -0.767. The van der Waals surface area contributed by atoms with E-state index in [2.05, 4.69) is 6.92 Å². The predicted molar refractivity (Wildman–Crippen MR) is 70.1 cm³/mol. The van der Waals surface area contributed by atoms with Gasteiger partial charge in [0.25, 0.3) is 0 Å². The topological polar surface area (TPSA) is 69.1 Å². The van der Waals surface area contributed by atoms with Gasteiger partial charge in [-0.1, -0.05) is 0 Å². The molecular formula is C12H19AsN2O. The Labute approximate surface area is 103 Å². The molecule has 88 valence electrons. The second-order valence-electron chi connectivity index (χ2n) is 3.86. The summed E-state index contributed by atoms with van der Waals surface area (Å²) in [6.07, 6.45) is 2.93. The first kappa shape index (κ1) is 13.3. The van der Waals surface area contributed by atoms with Crippen LogP contribution in [0.1, 0.15) is 26.2 Å². The quantitative estimate of drug-likeness (QED) is 0.585. The van der Waals surface area contributed by atoms with Gasteiger partial charge in [0.15, 0.2) is 0 Å². The summed E-state index contributed by atoms with van der Waals surface area (Å²) in [7, 11) is 0. The molecule has 0 aliphatic carbocycles. The Balaban J connectivity index is 2.47. The molecule has 0 radical (unpaired) electrons. The van der Waals surface area contributed by atoms with Crippen LogP contribution < -0.4 is 15.8 Å². The Hall–Kier alpha value is -0.792. The fourth-order valence-electron chi connectivity index (χ4n) is 1.36. The minimum absolute atomic E-state index is 0.234. The molecule has 1 aromatic rings. The van der Waals surface area contributed by atoms with E-state index in [0.717, 1.165) is 29.3 Å². The van der Waals surface area contributed by atoms with Crippen LogP contribution in [0.3, 0.4) is 0 Å². The Morgan fingerprint density at radius 1 is 1.38 bits per heavy atom. The summed E-state index contributed by atoms with van der Waals surface area (Å²) in [4.78, 5) is 11.8. The first-order chi connectivity index (χ1) is 7.63. The molecule has 16 heavy (non-hydrogen) atoms. The molecule has 0 bridgehead atoms. The van der Waals surface area contributed by atoms with Crippen LogP contribution in [0.4, 0.5) is 5.69 Å². The molecule has 3 nitrogen and oxygen atoms in total. The van der Waals surface area contributed by atoms with Crippen LogP contribution in [-0.2, 0) is 4.79 Å². The van der Waals surface area contributed by atoms with E-state index in [-0.39, 0.29) is 10.6 Å². The molecule has 0 aliphatic heterocycles. The number of nitrogens with two attached hydrogens (primary N) is 2. The maximum atomic E-state index is 11.8. The zero-order chi connectivity index (χ0) is 12.0. The Morgan fingerprint density at radius 3 is 2.56 bits per heavy atom. The van der Waals surface area contributed by atoms with Crippen molar-refractivity contribution in [2.75, 3.05) is 5.73 Å². The number of carbonyl (C=O) groups is 1.